The highest BCUT2D eigenvalue weighted by Crippen LogP contribution is 2.14. The van der Waals surface area contributed by atoms with Crippen molar-refractivity contribution in [2.24, 2.45) is 5.92 Å². The van der Waals surface area contributed by atoms with Crippen molar-refractivity contribution in [3.8, 4) is 5.75 Å². The number of carbonyl (C=O) groups excluding carboxylic acids is 2. The van der Waals surface area contributed by atoms with Gasteiger partial charge in [-0.2, -0.15) is 0 Å². The zero-order valence-electron chi connectivity index (χ0n) is 22.5. The van der Waals surface area contributed by atoms with Gasteiger partial charge in [-0.05, 0) is 48.6 Å². The van der Waals surface area contributed by atoms with Crippen LogP contribution >= 0.6 is 0 Å². The Morgan fingerprint density at radius 1 is 0.925 bits per heavy atom. The van der Waals surface area contributed by atoms with Gasteiger partial charge in [0.1, 0.15) is 17.8 Å². The van der Waals surface area contributed by atoms with E-state index in [1.54, 1.807) is 24.3 Å². The molecule has 2 aromatic carbocycles. The number of aliphatic carboxylic acids is 2. The van der Waals surface area contributed by atoms with Gasteiger partial charge in [-0.15, -0.1) is 0 Å². The van der Waals surface area contributed by atoms with E-state index < -0.39 is 46.8 Å². The van der Waals surface area contributed by atoms with Crippen molar-refractivity contribution in [3.63, 3.8) is 0 Å². The SMILES string of the molecule is COc1ccc(C[C@H](NC(=O)[C@H](CC(C)C)N[C@H](CCNC(=O)c2ccc([N+](=O)[O-])cc2)C(=O)O)C(=O)O)cc1. The molecule has 0 radical (unpaired) electrons. The van der Waals surface area contributed by atoms with Gasteiger partial charge in [0.2, 0.25) is 5.91 Å². The van der Waals surface area contributed by atoms with Crippen LogP contribution in [-0.2, 0) is 20.8 Å². The van der Waals surface area contributed by atoms with Crippen LogP contribution in [0.1, 0.15) is 42.6 Å². The van der Waals surface area contributed by atoms with Crippen molar-refractivity contribution in [1.29, 1.82) is 0 Å². The van der Waals surface area contributed by atoms with Crippen LogP contribution in [0, 0.1) is 16.0 Å². The summed E-state index contributed by atoms with van der Waals surface area (Å²) >= 11 is 0. The molecule has 3 atom stereocenters. The van der Waals surface area contributed by atoms with Crippen LogP contribution in [0.4, 0.5) is 5.69 Å². The fraction of sp³-hybridized carbons (Fsp3) is 0.407. The Morgan fingerprint density at radius 3 is 2.02 bits per heavy atom. The zero-order valence-corrected chi connectivity index (χ0v) is 22.5. The topological polar surface area (TPSA) is 197 Å². The molecule has 0 aromatic heterocycles. The van der Waals surface area contributed by atoms with Gasteiger partial charge in [0.25, 0.3) is 11.6 Å². The first-order valence-electron chi connectivity index (χ1n) is 12.6. The van der Waals surface area contributed by atoms with Gasteiger partial charge in [-0.25, -0.2) is 4.79 Å². The molecular formula is C27H34N4O9. The van der Waals surface area contributed by atoms with E-state index in [9.17, 15) is 39.5 Å². The summed E-state index contributed by atoms with van der Waals surface area (Å²) in [7, 11) is 1.51. The maximum atomic E-state index is 13.1. The molecular weight excluding hydrogens is 524 g/mol. The summed E-state index contributed by atoms with van der Waals surface area (Å²) in [6.07, 6.45) is 0.167. The van der Waals surface area contributed by atoms with E-state index in [4.69, 9.17) is 4.74 Å². The van der Waals surface area contributed by atoms with Gasteiger partial charge in [0, 0.05) is 30.7 Å². The minimum atomic E-state index is -1.25. The number of nitrogens with zero attached hydrogens (tertiary/aromatic N) is 1. The minimum absolute atomic E-state index is 0.0104. The van der Waals surface area contributed by atoms with Gasteiger partial charge < -0.3 is 25.6 Å². The van der Waals surface area contributed by atoms with Crippen molar-refractivity contribution < 1.29 is 39.1 Å². The molecule has 2 amide bonds. The van der Waals surface area contributed by atoms with Gasteiger partial charge in [0.05, 0.1) is 18.1 Å². The monoisotopic (exact) mass is 558 g/mol. The summed E-state index contributed by atoms with van der Waals surface area (Å²) in [6.45, 7) is 3.62. The van der Waals surface area contributed by atoms with Crippen molar-refractivity contribution in [2.75, 3.05) is 13.7 Å². The largest absolute Gasteiger partial charge is 0.497 e. The summed E-state index contributed by atoms with van der Waals surface area (Å²) in [5.74, 6) is -3.11. The molecule has 0 heterocycles. The standard InChI is InChI=1S/C27H34N4O9/c1-16(2)14-22(25(33)30-23(27(36)37)15-17-4-10-20(40-3)11-5-17)29-21(26(34)35)12-13-28-24(32)18-6-8-19(9-7-18)31(38)39/h4-11,16,21-23,29H,12-15H2,1-3H3,(H,28,32)(H,30,33)(H,34,35)(H,36,37)/t21-,22+,23+/m1/s1. The lowest BCUT2D eigenvalue weighted by atomic mass is 10.00. The Bertz CT molecular complexity index is 1180. The molecule has 0 aliphatic carbocycles. The Kier molecular flexibility index (Phi) is 12.0. The van der Waals surface area contributed by atoms with Crippen molar-refractivity contribution in [2.45, 2.75) is 51.2 Å². The van der Waals surface area contributed by atoms with Gasteiger partial charge >= 0.3 is 11.9 Å². The number of hydrogen-bond donors (Lipinski definition) is 5. The lowest BCUT2D eigenvalue weighted by Gasteiger charge is -2.26. The van der Waals surface area contributed by atoms with Crippen molar-refractivity contribution >= 4 is 29.4 Å². The number of nitrogens with one attached hydrogen (secondary N) is 3. The second-order valence-electron chi connectivity index (χ2n) is 9.54. The molecule has 216 valence electrons. The summed E-state index contributed by atoms with van der Waals surface area (Å²) in [5.41, 5.74) is 0.656. The number of nitro benzene ring substituents is 1. The van der Waals surface area contributed by atoms with Gasteiger partial charge in [-0.1, -0.05) is 26.0 Å². The second kappa shape index (κ2) is 15.2. The van der Waals surface area contributed by atoms with Crippen LogP contribution in [0.5, 0.6) is 5.75 Å². The normalized spacial score (nSPS) is 13.1. The van der Waals surface area contributed by atoms with E-state index in [-0.39, 0.29) is 43.0 Å². The molecule has 0 fully saturated rings. The Morgan fingerprint density at radius 2 is 1.52 bits per heavy atom. The predicted octanol–water partition coefficient (Wildman–Crippen LogP) is 1.99. The number of carboxylic acids is 2. The fourth-order valence-corrected chi connectivity index (χ4v) is 3.88. The quantitative estimate of drug-likeness (QED) is 0.150. The summed E-state index contributed by atoms with van der Waals surface area (Å²) in [4.78, 5) is 59.5. The number of benzene rings is 2. The van der Waals surface area contributed by atoms with E-state index in [1.165, 1.54) is 31.4 Å². The molecule has 0 unspecified atom stereocenters. The van der Waals surface area contributed by atoms with E-state index >= 15 is 0 Å². The lowest BCUT2D eigenvalue weighted by Crippen LogP contribution is -2.55. The molecule has 0 bridgehead atoms. The van der Waals surface area contributed by atoms with Crippen LogP contribution in [0.2, 0.25) is 0 Å². The zero-order chi connectivity index (χ0) is 29.8. The molecule has 2 aromatic rings. The predicted molar refractivity (Wildman–Crippen MR) is 144 cm³/mol. The maximum absolute atomic E-state index is 13.1. The first-order valence-corrected chi connectivity index (χ1v) is 12.6. The number of non-ortho nitro benzene ring substituents is 1. The number of nitro groups is 1. The van der Waals surface area contributed by atoms with Crippen molar-refractivity contribution in [3.05, 3.63) is 69.8 Å². The third kappa shape index (κ3) is 9.98. The summed E-state index contributed by atoms with van der Waals surface area (Å²) in [5, 5.41) is 38.1. The van der Waals surface area contributed by atoms with Crippen molar-refractivity contribution in [1.82, 2.24) is 16.0 Å². The molecule has 0 spiro atoms. The number of ether oxygens (including phenoxy) is 1. The average molecular weight is 559 g/mol. The van der Waals surface area contributed by atoms with E-state index in [2.05, 4.69) is 16.0 Å². The molecule has 0 aliphatic heterocycles. The number of amides is 2. The van der Waals surface area contributed by atoms with Gasteiger partial charge in [0.15, 0.2) is 0 Å². The average Bonchev–Trinajstić information content (AvgIpc) is 2.91. The third-order valence-corrected chi connectivity index (χ3v) is 6.00. The number of carbonyl (C=O) groups is 4. The Labute approximate surface area is 231 Å². The number of rotatable bonds is 16. The van der Waals surface area contributed by atoms with Crippen LogP contribution in [0.3, 0.4) is 0 Å². The molecule has 0 aliphatic rings. The van der Waals surface area contributed by atoms with Crippen LogP contribution < -0.4 is 20.7 Å². The molecule has 13 nitrogen and oxygen atoms in total. The highest BCUT2D eigenvalue weighted by atomic mass is 16.6. The summed E-state index contributed by atoms with van der Waals surface area (Å²) in [6, 6.07) is 8.19. The molecule has 5 N–H and O–H groups in total. The Hall–Kier alpha value is -4.52. The molecule has 0 saturated heterocycles. The maximum Gasteiger partial charge on any atom is 0.326 e. The Balaban J connectivity index is 2.04. The number of hydrogen-bond acceptors (Lipinski definition) is 8. The van der Waals surface area contributed by atoms with Crippen LogP contribution in [0.25, 0.3) is 0 Å². The smallest absolute Gasteiger partial charge is 0.326 e. The van der Waals surface area contributed by atoms with Gasteiger partial charge in [-0.3, -0.25) is 29.8 Å². The second-order valence-corrected chi connectivity index (χ2v) is 9.54. The highest BCUT2D eigenvalue weighted by molar-refractivity contribution is 5.94. The lowest BCUT2D eigenvalue weighted by molar-refractivity contribution is -0.384. The fourth-order valence-electron chi connectivity index (χ4n) is 3.88. The first kappa shape index (κ1) is 31.7. The third-order valence-electron chi connectivity index (χ3n) is 6.00. The summed E-state index contributed by atoms with van der Waals surface area (Å²) < 4.78 is 5.10. The van der Waals surface area contributed by atoms with Crippen LogP contribution in [-0.4, -0.2) is 70.7 Å². The minimum Gasteiger partial charge on any atom is -0.497 e. The van der Waals surface area contributed by atoms with Crippen LogP contribution in [0.15, 0.2) is 48.5 Å². The van der Waals surface area contributed by atoms with E-state index in [0.29, 0.717) is 11.3 Å². The molecule has 13 heteroatoms. The molecule has 40 heavy (non-hydrogen) atoms. The highest BCUT2D eigenvalue weighted by Gasteiger charge is 2.30. The number of methoxy groups -OCH3 is 1. The van der Waals surface area contributed by atoms with E-state index in [1.807, 2.05) is 13.8 Å². The van der Waals surface area contributed by atoms with E-state index in [0.717, 1.165) is 0 Å². The molecule has 0 saturated carbocycles. The first-order chi connectivity index (χ1) is 18.9. The number of carboxylic acid groups (broad SMARTS) is 2. The molecule has 2 rings (SSSR count).